The molecule has 3 aromatic rings. The molecule has 162 valence electrons. The van der Waals surface area contributed by atoms with E-state index in [-0.39, 0.29) is 12.5 Å². The summed E-state index contributed by atoms with van der Waals surface area (Å²) >= 11 is 0. The van der Waals surface area contributed by atoms with Crippen LogP contribution in [-0.4, -0.2) is 65.2 Å². The zero-order valence-electron chi connectivity index (χ0n) is 17.9. The third-order valence-electron chi connectivity index (χ3n) is 5.47. The summed E-state index contributed by atoms with van der Waals surface area (Å²) < 4.78 is 11.1. The number of hydrogen-bond acceptors (Lipinski definition) is 6. The summed E-state index contributed by atoms with van der Waals surface area (Å²) in [5.41, 5.74) is 1.71. The summed E-state index contributed by atoms with van der Waals surface area (Å²) in [6.07, 6.45) is 2.41. The van der Waals surface area contributed by atoms with E-state index in [2.05, 4.69) is 22.0 Å². The SMILES string of the molecule is CCCCN1CCN(C(=O)COc2ccc(-c3nc(-c4ccccc4)no3)cc2)CC1. The van der Waals surface area contributed by atoms with E-state index in [1.54, 1.807) is 0 Å². The molecular weight excluding hydrogens is 392 g/mol. The van der Waals surface area contributed by atoms with E-state index >= 15 is 0 Å². The minimum absolute atomic E-state index is 0.0311. The number of nitrogens with zero attached hydrogens (tertiary/aromatic N) is 4. The first-order chi connectivity index (χ1) is 15.2. The van der Waals surface area contributed by atoms with Gasteiger partial charge in [0.05, 0.1) is 0 Å². The van der Waals surface area contributed by atoms with Gasteiger partial charge in [-0.3, -0.25) is 9.69 Å². The summed E-state index contributed by atoms with van der Waals surface area (Å²) in [6.45, 7) is 6.79. The number of carbonyl (C=O) groups is 1. The van der Waals surface area contributed by atoms with E-state index in [1.165, 1.54) is 12.8 Å². The van der Waals surface area contributed by atoms with Crippen molar-refractivity contribution in [1.82, 2.24) is 19.9 Å². The lowest BCUT2D eigenvalue weighted by molar-refractivity contribution is -0.135. The fourth-order valence-electron chi connectivity index (χ4n) is 3.58. The van der Waals surface area contributed by atoms with Crippen LogP contribution in [0, 0.1) is 0 Å². The lowest BCUT2D eigenvalue weighted by Crippen LogP contribution is -2.50. The maximum atomic E-state index is 12.5. The number of hydrogen-bond donors (Lipinski definition) is 0. The quantitative estimate of drug-likeness (QED) is 0.553. The van der Waals surface area contributed by atoms with E-state index in [9.17, 15) is 4.79 Å². The largest absolute Gasteiger partial charge is 0.484 e. The fraction of sp³-hybridized carbons (Fsp3) is 0.375. The van der Waals surface area contributed by atoms with Gasteiger partial charge in [-0.1, -0.05) is 48.8 Å². The number of unbranched alkanes of at least 4 members (excludes halogenated alkanes) is 1. The summed E-state index contributed by atoms with van der Waals surface area (Å²) in [5.74, 6) is 1.67. The zero-order chi connectivity index (χ0) is 21.5. The predicted octanol–water partition coefficient (Wildman–Crippen LogP) is 3.73. The van der Waals surface area contributed by atoms with Crippen LogP contribution in [0.25, 0.3) is 22.8 Å². The van der Waals surface area contributed by atoms with Crippen molar-refractivity contribution in [2.24, 2.45) is 0 Å². The minimum atomic E-state index is 0.0311. The van der Waals surface area contributed by atoms with Crippen molar-refractivity contribution >= 4 is 5.91 Å². The smallest absolute Gasteiger partial charge is 0.260 e. The van der Waals surface area contributed by atoms with Gasteiger partial charge in [-0.15, -0.1) is 0 Å². The number of piperazine rings is 1. The van der Waals surface area contributed by atoms with Crippen molar-refractivity contribution < 1.29 is 14.1 Å². The number of ether oxygens (including phenoxy) is 1. The van der Waals surface area contributed by atoms with Crippen LogP contribution >= 0.6 is 0 Å². The monoisotopic (exact) mass is 420 g/mol. The van der Waals surface area contributed by atoms with Crippen molar-refractivity contribution in [1.29, 1.82) is 0 Å². The third kappa shape index (κ3) is 5.49. The average Bonchev–Trinajstić information content (AvgIpc) is 3.33. The first kappa shape index (κ1) is 21.1. The Morgan fingerprint density at radius 2 is 1.74 bits per heavy atom. The maximum Gasteiger partial charge on any atom is 0.260 e. The van der Waals surface area contributed by atoms with Crippen LogP contribution in [0.15, 0.2) is 59.1 Å². The Morgan fingerprint density at radius 3 is 2.45 bits per heavy atom. The van der Waals surface area contributed by atoms with Gasteiger partial charge in [-0.2, -0.15) is 4.98 Å². The van der Waals surface area contributed by atoms with Gasteiger partial charge < -0.3 is 14.2 Å². The fourth-order valence-corrected chi connectivity index (χ4v) is 3.58. The van der Waals surface area contributed by atoms with Crippen LogP contribution in [0.1, 0.15) is 19.8 Å². The van der Waals surface area contributed by atoms with Gasteiger partial charge in [0.15, 0.2) is 6.61 Å². The Hall–Kier alpha value is -3.19. The molecule has 0 saturated carbocycles. The van der Waals surface area contributed by atoms with E-state index in [0.717, 1.165) is 43.9 Å². The molecule has 7 nitrogen and oxygen atoms in total. The zero-order valence-corrected chi connectivity index (χ0v) is 17.9. The summed E-state index contributed by atoms with van der Waals surface area (Å²) in [5, 5.41) is 4.05. The van der Waals surface area contributed by atoms with E-state index < -0.39 is 0 Å². The number of benzene rings is 2. The molecule has 0 bridgehead atoms. The van der Waals surface area contributed by atoms with E-state index in [4.69, 9.17) is 9.26 Å². The molecule has 0 radical (unpaired) electrons. The van der Waals surface area contributed by atoms with Gasteiger partial charge in [0.2, 0.25) is 5.82 Å². The molecule has 0 aliphatic carbocycles. The molecule has 0 N–H and O–H groups in total. The first-order valence-electron chi connectivity index (χ1n) is 10.9. The number of rotatable bonds is 8. The van der Waals surface area contributed by atoms with Crippen LogP contribution in [0.5, 0.6) is 5.75 Å². The molecule has 1 aliphatic heterocycles. The van der Waals surface area contributed by atoms with Gasteiger partial charge in [0.1, 0.15) is 5.75 Å². The Kier molecular flexibility index (Phi) is 6.94. The number of carbonyl (C=O) groups excluding carboxylic acids is 1. The standard InChI is InChI=1S/C24H28N4O3/c1-2-3-13-27-14-16-28(17-15-27)22(29)18-30-21-11-9-20(10-12-21)24-25-23(26-31-24)19-7-5-4-6-8-19/h4-12H,2-3,13-18H2,1H3. The summed E-state index contributed by atoms with van der Waals surface area (Å²) in [4.78, 5) is 21.2. The molecule has 1 fully saturated rings. The topological polar surface area (TPSA) is 71.7 Å². The number of aromatic nitrogens is 2. The van der Waals surface area contributed by atoms with Crippen molar-refractivity contribution in [2.75, 3.05) is 39.3 Å². The minimum Gasteiger partial charge on any atom is -0.484 e. The van der Waals surface area contributed by atoms with Gasteiger partial charge in [0.25, 0.3) is 11.8 Å². The molecule has 4 rings (SSSR count). The molecule has 1 saturated heterocycles. The highest BCUT2D eigenvalue weighted by atomic mass is 16.5. The van der Waals surface area contributed by atoms with Crippen molar-refractivity contribution in [2.45, 2.75) is 19.8 Å². The maximum absolute atomic E-state index is 12.5. The highest BCUT2D eigenvalue weighted by Crippen LogP contribution is 2.24. The Bertz CT molecular complexity index is 964. The molecule has 0 spiro atoms. The lowest BCUT2D eigenvalue weighted by Gasteiger charge is -2.34. The molecule has 0 atom stereocenters. The lowest BCUT2D eigenvalue weighted by atomic mass is 10.2. The normalized spacial score (nSPS) is 14.5. The molecule has 2 aromatic carbocycles. The first-order valence-corrected chi connectivity index (χ1v) is 10.9. The Balaban J connectivity index is 1.27. The van der Waals surface area contributed by atoms with Crippen molar-refractivity contribution in [3.63, 3.8) is 0 Å². The van der Waals surface area contributed by atoms with Crippen LogP contribution in [0.3, 0.4) is 0 Å². The average molecular weight is 421 g/mol. The van der Waals surface area contributed by atoms with Crippen LogP contribution in [-0.2, 0) is 4.79 Å². The van der Waals surface area contributed by atoms with Crippen LogP contribution < -0.4 is 4.74 Å². The highest BCUT2D eigenvalue weighted by Gasteiger charge is 2.21. The predicted molar refractivity (Wildman–Crippen MR) is 119 cm³/mol. The second-order valence-electron chi connectivity index (χ2n) is 7.68. The van der Waals surface area contributed by atoms with Crippen molar-refractivity contribution in [3.8, 4) is 28.6 Å². The van der Waals surface area contributed by atoms with Gasteiger partial charge in [-0.05, 0) is 37.2 Å². The highest BCUT2D eigenvalue weighted by molar-refractivity contribution is 5.78. The molecular formula is C24H28N4O3. The second kappa shape index (κ2) is 10.2. The van der Waals surface area contributed by atoms with Crippen LogP contribution in [0.2, 0.25) is 0 Å². The molecule has 1 aliphatic rings. The van der Waals surface area contributed by atoms with E-state index in [1.807, 2.05) is 59.5 Å². The van der Waals surface area contributed by atoms with E-state index in [0.29, 0.717) is 17.5 Å². The molecule has 1 aromatic heterocycles. The Labute approximate surface area is 182 Å². The molecule has 31 heavy (non-hydrogen) atoms. The summed E-state index contributed by atoms with van der Waals surface area (Å²) in [6, 6.07) is 17.0. The molecule has 2 heterocycles. The van der Waals surface area contributed by atoms with Crippen molar-refractivity contribution in [3.05, 3.63) is 54.6 Å². The molecule has 1 amide bonds. The van der Waals surface area contributed by atoms with Gasteiger partial charge in [0, 0.05) is 37.3 Å². The summed E-state index contributed by atoms with van der Waals surface area (Å²) in [7, 11) is 0. The number of amides is 1. The second-order valence-corrected chi connectivity index (χ2v) is 7.68. The molecule has 7 heteroatoms. The van der Waals surface area contributed by atoms with Gasteiger partial charge in [-0.25, -0.2) is 0 Å². The van der Waals surface area contributed by atoms with Gasteiger partial charge >= 0.3 is 0 Å². The molecule has 0 unspecified atom stereocenters. The third-order valence-corrected chi connectivity index (χ3v) is 5.47. The van der Waals surface area contributed by atoms with Crippen LogP contribution in [0.4, 0.5) is 0 Å². The Morgan fingerprint density at radius 1 is 1.00 bits per heavy atom.